The number of benzene rings is 1. The lowest BCUT2D eigenvalue weighted by Gasteiger charge is -2.05. The molecule has 3 rings (SSSR count). The van der Waals surface area contributed by atoms with Gasteiger partial charge < -0.3 is 4.74 Å². The number of fused-ring (bicyclic) bond motifs is 1. The van der Waals surface area contributed by atoms with Crippen LogP contribution < -0.4 is 4.74 Å². The van der Waals surface area contributed by atoms with E-state index in [1.165, 1.54) is 6.33 Å². The van der Waals surface area contributed by atoms with Gasteiger partial charge in [0.2, 0.25) is 5.88 Å². The van der Waals surface area contributed by atoms with Gasteiger partial charge in [0.05, 0.1) is 0 Å². The van der Waals surface area contributed by atoms with Crippen molar-refractivity contribution in [1.82, 2.24) is 14.6 Å². The van der Waals surface area contributed by atoms with Crippen LogP contribution in [0.4, 0.5) is 0 Å². The monoisotopic (exact) mass is 211 g/mol. The van der Waals surface area contributed by atoms with Gasteiger partial charge in [-0.2, -0.15) is 9.61 Å². The maximum Gasteiger partial charge on any atom is 0.222 e. The number of ether oxygens (including phenoxy) is 1. The zero-order valence-electron chi connectivity index (χ0n) is 8.45. The topological polar surface area (TPSA) is 39.4 Å². The molecule has 0 radical (unpaired) electrons. The summed E-state index contributed by atoms with van der Waals surface area (Å²) >= 11 is 0. The second kappa shape index (κ2) is 3.66. The Morgan fingerprint density at radius 1 is 0.938 bits per heavy atom. The number of pyridine rings is 1. The van der Waals surface area contributed by atoms with Gasteiger partial charge in [0.25, 0.3) is 0 Å². The predicted octanol–water partition coefficient (Wildman–Crippen LogP) is 2.52. The molecule has 0 atom stereocenters. The maximum absolute atomic E-state index is 5.71. The number of rotatable bonds is 2. The van der Waals surface area contributed by atoms with Crippen molar-refractivity contribution in [3.63, 3.8) is 0 Å². The third-order valence-electron chi connectivity index (χ3n) is 2.23. The average molecular weight is 211 g/mol. The van der Waals surface area contributed by atoms with Crippen molar-refractivity contribution in [2.75, 3.05) is 0 Å². The minimum atomic E-state index is 0.654. The van der Waals surface area contributed by atoms with Gasteiger partial charge in [-0.3, -0.25) is 0 Å². The number of aromatic nitrogens is 3. The molecule has 0 saturated carbocycles. The Balaban J connectivity index is 2.04. The largest absolute Gasteiger partial charge is 0.439 e. The number of nitrogens with zero attached hydrogens (tertiary/aromatic N) is 3. The number of para-hydroxylation sites is 1. The van der Waals surface area contributed by atoms with Crippen molar-refractivity contribution in [2.24, 2.45) is 0 Å². The number of hydrogen-bond donors (Lipinski definition) is 0. The van der Waals surface area contributed by atoms with E-state index in [1.54, 1.807) is 4.52 Å². The second-order valence-electron chi connectivity index (χ2n) is 3.31. The van der Waals surface area contributed by atoms with E-state index in [2.05, 4.69) is 10.1 Å². The summed E-state index contributed by atoms with van der Waals surface area (Å²) in [5, 5.41) is 4.10. The Morgan fingerprint density at radius 2 is 1.81 bits per heavy atom. The first-order valence-corrected chi connectivity index (χ1v) is 4.95. The first kappa shape index (κ1) is 8.91. The van der Waals surface area contributed by atoms with Gasteiger partial charge >= 0.3 is 0 Å². The van der Waals surface area contributed by atoms with Crippen LogP contribution >= 0.6 is 0 Å². The van der Waals surface area contributed by atoms with Crippen molar-refractivity contribution >= 4 is 5.65 Å². The quantitative estimate of drug-likeness (QED) is 0.653. The molecule has 0 unspecified atom stereocenters. The fourth-order valence-electron chi connectivity index (χ4n) is 1.51. The smallest absolute Gasteiger partial charge is 0.222 e. The molecule has 0 amide bonds. The zero-order chi connectivity index (χ0) is 10.8. The zero-order valence-corrected chi connectivity index (χ0v) is 8.45. The predicted molar refractivity (Wildman–Crippen MR) is 59.5 cm³/mol. The minimum Gasteiger partial charge on any atom is -0.439 e. The molecule has 0 aliphatic carbocycles. The van der Waals surface area contributed by atoms with Crippen molar-refractivity contribution in [3.8, 4) is 11.6 Å². The molecule has 0 aliphatic heterocycles. The van der Waals surface area contributed by atoms with Crippen LogP contribution in [0.25, 0.3) is 5.65 Å². The van der Waals surface area contributed by atoms with Gasteiger partial charge in [0.1, 0.15) is 12.1 Å². The van der Waals surface area contributed by atoms with E-state index in [-0.39, 0.29) is 0 Å². The Labute approximate surface area is 92.1 Å². The summed E-state index contributed by atoms with van der Waals surface area (Å²) in [5.74, 6) is 1.44. The fourth-order valence-corrected chi connectivity index (χ4v) is 1.51. The van der Waals surface area contributed by atoms with Gasteiger partial charge in [-0.05, 0) is 18.2 Å². The van der Waals surface area contributed by atoms with Crippen LogP contribution in [0.15, 0.2) is 54.9 Å². The molecular formula is C12H9N3O. The highest BCUT2D eigenvalue weighted by Crippen LogP contribution is 2.20. The fraction of sp³-hybridized carbons (Fsp3) is 0. The molecular weight excluding hydrogens is 202 g/mol. The molecule has 2 heterocycles. The summed E-state index contributed by atoms with van der Waals surface area (Å²) in [5.41, 5.74) is 0.772. The van der Waals surface area contributed by atoms with Crippen LogP contribution in [0.1, 0.15) is 0 Å². The van der Waals surface area contributed by atoms with Gasteiger partial charge in [-0.1, -0.05) is 24.3 Å². The summed E-state index contributed by atoms with van der Waals surface area (Å²) in [7, 11) is 0. The summed E-state index contributed by atoms with van der Waals surface area (Å²) in [6.07, 6.45) is 1.51. The van der Waals surface area contributed by atoms with E-state index in [4.69, 9.17) is 4.74 Å². The minimum absolute atomic E-state index is 0.654. The highest BCUT2D eigenvalue weighted by Gasteiger charge is 2.03. The molecule has 0 N–H and O–H groups in total. The molecule has 16 heavy (non-hydrogen) atoms. The third kappa shape index (κ3) is 1.50. The molecule has 0 fully saturated rings. The van der Waals surface area contributed by atoms with Gasteiger partial charge in [-0.25, -0.2) is 4.98 Å². The molecule has 1 aromatic carbocycles. The van der Waals surface area contributed by atoms with E-state index in [9.17, 15) is 0 Å². The van der Waals surface area contributed by atoms with Crippen LogP contribution in [0.3, 0.4) is 0 Å². The molecule has 3 aromatic rings. The third-order valence-corrected chi connectivity index (χ3v) is 2.23. The van der Waals surface area contributed by atoms with Gasteiger partial charge in [0, 0.05) is 6.07 Å². The van der Waals surface area contributed by atoms with Crippen molar-refractivity contribution in [1.29, 1.82) is 0 Å². The van der Waals surface area contributed by atoms with Crippen LogP contribution in [0, 0.1) is 0 Å². The summed E-state index contributed by atoms with van der Waals surface area (Å²) < 4.78 is 7.37. The van der Waals surface area contributed by atoms with Crippen molar-refractivity contribution < 1.29 is 4.74 Å². The standard InChI is InChI=1S/C12H9N3O/c1-2-5-10(6-3-1)16-12-8-4-7-11-13-9-14-15(11)12/h1-9H. The van der Waals surface area contributed by atoms with Crippen LogP contribution in [-0.2, 0) is 0 Å². The molecule has 78 valence electrons. The average Bonchev–Trinajstić information content (AvgIpc) is 2.80. The molecule has 0 saturated heterocycles. The second-order valence-corrected chi connectivity index (χ2v) is 3.31. The lowest BCUT2D eigenvalue weighted by molar-refractivity contribution is 0.447. The summed E-state index contributed by atoms with van der Waals surface area (Å²) in [6, 6.07) is 15.2. The molecule has 4 heteroatoms. The Bertz CT molecular complexity index is 604. The van der Waals surface area contributed by atoms with E-state index in [1.807, 2.05) is 48.5 Å². The van der Waals surface area contributed by atoms with Crippen LogP contribution in [0.2, 0.25) is 0 Å². The van der Waals surface area contributed by atoms with Crippen LogP contribution in [0.5, 0.6) is 11.6 Å². The normalized spacial score (nSPS) is 10.5. The number of hydrogen-bond acceptors (Lipinski definition) is 3. The SMILES string of the molecule is c1ccc(Oc2cccc3ncnn23)cc1. The van der Waals surface area contributed by atoms with E-state index < -0.39 is 0 Å². The first-order chi connectivity index (χ1) is 7.93. The lowest BCUT2D eigenvalue weighted by atomic mass is 10.3. The highest BCUT2D eigenvalue weighted by molar-refractivity contribution is 5.40. The molecule has 2 aromatic heterocycles. The summed E-state index contributed by atoms with van der Waals surface area (Å²) in [6.45, 7) is 0. The van der Waals surface area contributed by atoms with Gasteiger partial charge in [0.15, 0.2) is 5.65 Å². The lowest BCUT2D eigenvalue weighted by Crippen LogP contribution is -1.94. The summed E-state index contributed by atoms with van der Waals surface area (Å²) in [4.78, 5) is 4.09. The highest BCUT2D eigenvalue weighted by atomic mass is 16.5. The Kier molecular flexibility index (Phi) is 2.04. The molecule has 0 aliphatic rings. The molecule has 0 spiro atoms. The maximum atomic E-state index is 5.71. The first-order valence-electron chi connectivity index (χ1n) is 4.95. The van der Waals surface area contributed by atoms with E-state index in [0.29, 0.717) is 5.88 Å². The Morgan fingerprint density at radius 3 is 2.69 bits per heavy atom. The van der Waals surface area contributed by atoms with E-state index >= 15 is 0 Å². The Hall–Kier alpha value is -2.36. The van der Waals surface area contributed by atoms with Crippen molar-refractivity contribution in [3.05, 3.63) is 54.9 Å². The van der Waals surface area contributed by atoms with Crippen molar-refractivity contribution in [2.45, 2.75) is 0 Å². The van der Waals surface area contributed by atoms with Crippen LogP contribution in [-0.4, -0.2) is 14.6 Å². The van der Waals surface area contributed by atoms with Gasteiger partial charge in [-0.15, -0.1) is 0 Å². The van der Waals surface area contributed by atoms with E-state index in [0.717, 1.165) is 11.4 Å². The molecule has 4 nitrogen and oxygen atoms in total. The molecule has 0 bridgehead atoms.